The lowest BCUT2D eigenvalue weighted by atomic mass is 10.3. The van der Waals surface area contributed by atoms with Crippen molar-refractivity contribution in [2.45, 2.75) is 26.2 Å². The molecule has 0 radical (unpaired) electrons. The van der Waals surface area contributed by atoms with Gasteiger partial charge in [0.1, 0.15) is 5.75 Å². The quantitative estimate of drug-likeness (QED) is 0.918. The summed E-state index contributed by atoms with van der Waals surface area (Å²) in [6, 6.07) is 8.23. The number of nitrogens with zero attached hydrogens (tertiary/aromatic N) is 2. The van der Waals surface area contributed by atoms with Crippen LogP contribution in [-0.2, 0) is 19.3 Å². The highest BCUT2D eigenvalue weighted by atomic mass is 19.4. The zero-order valence-corrected chi connectivity index (χ0v) is 11.7. The molecule has 0 saturated carbocycles. The maximum absolute atomic E-state index is 12.7. The third-order valence-electron chi connectivity index (χ3n) is 3.02. The number of aryl methyl sites for hydroxylation is 1. The van der Waals surface area contributed by atoms with E-state index in [1.165, 1.54) is 4.68 Å². The molecule has 7 heteroatoms. The van der Waals surface area contributed by atoms with Gasteiger partial charge in [-0.1, -0.05) is 0 Å². The smallest absolute Gasteiger partial charge is 0.435 e. The lowest BCUT2D eigenvalue weighted by Gasteiger charge is -2.08. The molecule has 1 N–H and O–H groups in total. The maximum atomic E-state index is 12.7. The molecule has 4 nitrogen and oxygen atoms in total. The van der Waals surface area contributed by atoms with E-state index in [1.54, 1.807) is 38.3 Å². The summed E-state index contributed by atoms with van der Waals surface area (Å²) in [5, 5.41) is 6.64. The van der Waals surface area contributed by atoms with Gasteiger partial charge < -0.3 is 10.1 Å². The Hall–Kier alpha value is -2.18. The molecule has 2 aromatic rings. The van der Waals surface area contributed by atoms with Gasteiger partial charge >= 0.3 is 6.18 Å². The highest BCUT2D eigenvalue weighted by molar-refractivity contribution is 5.46. The summed E-state index contributed by atoms with van der Waals surface area (Å²) < 4.78 is 44.4. The Balaban J connectivity index is 2.09. The Bertz CT molecular complexity index is 591. The molecular formula is C14H16F3N3O. The van der Waals surface area contributed by atoms with Crippen LogP contribution in [0.4, 0.5) is 18.9 Å². The van der Waals surface area contributed by atoms with Crippen molar-refractivity contribution in [3.05, 3.63) is 41.7 Å². The third kappa shape index (κ3) is 3.68. The Morgan fingerprint density at radius 3 is 2.43 bits per heavy atom. The molecule has 0 aliphatic heterocycles. The molecule has 0 aliphatic rings. The molecule has 1 aromatic heterocycles. The minimum absolute atomic E-state index is 0.267. The van der Waals surface area contributed by atoms with Gasteiger partial charge in [-0.3, -0.25) is 4.68 Å². The van der Waals surface area contributed by atoms with Crippen LogP contribution in [0.2, 0.25) is 0 Å². The summed E-state index contributed by atoms with van der Waals surface area (Å²) in [6.07, 6.45) is -4.42. The number of hydrogen-bond acceptors (Lipinski definition) is 3. The standard InChI is InChI=1S/C14H16F3N3O/c1-3-20-11(8-13(19-20)14(15,16)17)9-18-10-4-6-12(21-2)7-5-10/h4-8,18H,3,9H2,1-2H3. The SMILES string of the molecule is CCn1nc(C(F)(F)F)cc1CNc1ccc(OC)cc1. The number of halogens is 3. The maximum Gasteiger partial charge on any atom is 0.435 e. The van der Waals surface area contributed by atoms with Crippen LogP contribution in [-0.4, -0.2) is 16.9 Å². The molecule has 0 amide bonds. The molecule has 0 aliphatic carbocycles. The highest BCUT2D eigenvalue weighted by Crippen LogP contribution is 2.28. The summed E-state index contributed by atoms with van der Waals surface area (Å²) >= 11 is 0. The van der Waals surface area contributed by atoms with Crippen LogP contribution in [0, 0.1) is 0 Å². The predicted octanol–water partition coefficient (Wildman–Crippen LogP) is 3.54. The van der Waals surface area contributed by atoms with Gasteiger partial charge in [-0.2, -0.15) is 18.3 Å². The van der Waals surface area contributed by atoms with E-state index in [-0.39, 0.29) is 6.54 Å². The van der Waals surface area contributed by atoms with Gasteiger partial charge in [0.25, 0.3) is 0 Å². The van der Waals surface area contributed by atoms with Crippen LogP contribution >= 0.6 is 0 Å². The van der Waals surface area contributed by atoms with Crippen molar-refractivity contribution < 1.29 is 17.9 Å². The van der Waals surface area contributed by atoms with E-state index >= 15 is 0 Å². The van der Waals surface area contributed by atoms with E-state index in [0.29, 0.717) is 12.2 Å². The lowest BCUT2D eigenvalue weighted by Crippen LogP contribution is -2.09. The molecule has 114 valence electrons. The monoisotopic (exact) mass is 299 g/mol. The van der Waals surface area contributed by atoms with Gasteiger partial charge in [0.05, 0.1) is 19.3 Å². The Morgan fingerprint density at radius 1 is 1.24 bits per heavy atom. The molecule has 0 saturated heterocycles. The number of ether oxygens (including phenoxy) is 1. The zero-order valence-electron chi connectivity index (χ0n) is 11.7. The summed E-state index contributed by atoms with van der Waals surface area (Å²) in [5.74, 6) is 0.721. The van der Waals surface area contributed by atoms with Crippen LogP contribution in [0.1, 0.15) is 18.3 Å². The first-order valence-electron chi connectivity index (χ1n) is 6.46. The highest BCUT2D eigenvalue weighted by Gasteiger charge is 2.34. The topological polar surface area (TPSA) is 39.1 Å². The Morgan fingerprint density at radius 2 is 1.90 bits per heavy atom. The normalized spacial score (nSPS) is 11.5. The van der Waals surface area contributed by atoms with Crippen molar-refractivity contribution in [3.63, 3.8) is 0 Å². The van der Waals surface area contributed by atoms with Crippen molar-refractivity contribution in [2.24, 2.45) is 0 Å². The van der Waals surface area contributed by atoms with Crippen molar-refractivity contribution in [1.82, 2.24) is 9.78 Å². The fourth-order valence-electron chi connectivity index (χ4n) is 1.91. The van der Waals surface area contributed by atoms with Gasteiger partial charge in [0.15, 0.2) is 5.69 Å². The van der Waals surface area contributed by atoms with Gasteiger partial charge in [0.2, 0.25) is 0 Å². The average Bonchev–Trinajstić information content (AvgIpc) is 2.89. The van der Waals surface area contributed by atoms with Crippen LogP contribution in [0.3, 0.4) is 0 Å². The van der Waals surface area contributed by atoms with Crippen molar-refractivity contribution in [2.75, 3.05) is 12.4 Å². The summed E-state index contributed by atoms with van der Waals surface area (Å²) in [5.41, 5.74) is 0.421. The van der Waals surface area contributed by atoms with Crippen LogP contribution in [0.15, 0.2) is 30.3 Å². The molecule has 1 heterocycles. The van der Waals surface area contributed by atoms with Gasteiger partial charge in [0, 0.05) is 12.2 Å². The predicted molar refractivity (Wildman–Crippen MR) is 73.2 cm³/mol. The Kier molecular flexibility index (Phi) is 4.40. The van der Waals surface area contributed by atoms with E-state index < -0.39 is 11.9 Å². The minimum atomic E-state index is -4.42. The van der Waals surface area contributed by atoms with E-state index in [2.05, 4.69) is 10.4 Å². The van der Waals surface area contributed by atoms with E-state index in [1.807, 2.05) is 0 Å². The molecule has 0 spiro atoms. The molecule has 0 atom stereocenters. The average molecular weight is 299 g/mol. The van der Waals surface area contributed by atoms with Crippen molar-refractivity contribution in [3.8, 4) is 5.75 Å². The fraction of sp³-hybridized carbons (Fsp3) is 0.357. The zero-order chi connectivity index (χ0) is 15.5. The van der Waals surface area contributed by atoms with Gasteiger partial charge in [-0.15, -0.1) is 0 Å². The van der Waals surface area contributed by atoms with Crippen LogP contribution in [0.5, 0.6) is 5.75 Å². The molecule has 1 aromatic carbocycles. The number of methoxy groups -OCH3 is 1. The summed E-state index contributed by atoms with van der Waals surface area (Å²) in [4.78, 5) is 0. The second-order valence-corrected chi connectivity index (χ2v) is 4.42. The molecule has 0 bridgehead atoms. The van der Waals surface area contributed by atoms with Crippen LogP contribution < -0.4 is 10.1 Å². The number of benzene rings is 1. The molecular weight excluding hydrogens is 283 g/mol. The minimum Gasteiger partial charge on any atom is -0.497 e. The third-order valence-corrected chi connectivity index (χ3v) is 3.02. The van der Waals surface area contributed by atoms with E-state index in [0.717, 1.165) is 17.5 Å². The number of hydrogen-bond donors (Lipinski definition) is 1. The largest absolute Gasteiger partial charge is 0.497 e. The molecule has 2 rings (SSSR count). The Labute approximate surface area is 120 Å². The van der Waals surface area contributed by atoms with Crippen molar-refractivity contribution in [1.29, 1.82) is 0 Å². The number of nitrogens with one attached hydrogen (secondary N) is 1. The van der Waals surface area contributed by atoms with Gasteiger partial charge in [-0.25, -0.2) is 0 Å². The second-order valence-electron chi connectivity index (χ2n) is 4.42. The second kappa shape index (κ2) is 6.07. The van der Waals surface area contributed by atoms with Crippen LogP contribution in [0.25, 0.3) is 0 Å². The molecule has 21 heavy (non-hydrogen) atoms. The first kappa shape index (κ1) is 15.2. The molecule has 0 unspecified atom stereocenters. The number of aromatic nitrogens is 2. The number of rotatable bonds is 5. The molecule has 0 fully saturated rings. The fourth-order valence-corrected chi connectivity index (χ4v) is 1.91. The van der Waals surface area contributed by atoms with Gasteiger partial charge in [-0.05, 0) is 37.3 Å². The summed E-state index contributed by atoms with van der Waals surface area (Å²) in [7, 11) is 1.57. The first-order valence-corrected chi connectivity index (χ1v) is 6.46. The number of alkyl halides is 3. The first-order chi connectivity index (χ1) is 9.94. The lowest BCUT2D eigenvalue weighted by molar-refractivity contribution is -0.141. The van der Waals surface area contributed by atoms with Crippen molar-refractivity contribution >= 4 is 5.69 Å². The number of anilines is 1. The summed E-state index contributed by atoms with van der Waals surface area (Å²) in [6.45, 7) is 2.41. The van der Waals surface area contributed by atoms with E-state index in [9.17, 15) is 13.2 Å². The van der Waals surface area contributed by atoms with E-state index in [4.69, 9.17) is 4.74 Å².